The summed E-state index contributed by atoms with van der Waals surface area (Å²) in [5, 5.41) is 0.582. The molecule has 0 aromatic heterocycles. The number of amides is 1. The molecular weight excluding hydrogens is 412 g/mol. The number of hydrogen-bond donors (Lipinski definition) is 0. The molecule has 2 atom stereocenters. The van der Waals surface area contributed by atoms with Crippen molar-refractivity contribution in [3.8, 4) is 0 Å². The maximum absolute atomic E-state index is 13.1. The maximum atomic E-state index is 13.1. The molecule has 2 aromatic carbocycles. The lowest BCUT2D eigenvalue weighted by molar-refractivity contribution is -0.0440. The average molecular weight is 437 g/mol. The lowest BCUT2D eigenvalue weighted by atomic mass is 10.1. The lowest BCUT2D eigenvalue weighted by Crippen LogP contribution is -2.48. The number of nitrogens with zero attached hydrogens (tertiary/aromatic N) is 2. The van der Waals surface area contributed by atoms with Gasteiger partial charge < -0.3 is 9.64 Å². The zero-order valence-corrected chi connectivity index (χ0v) is 18.3. The van der Waals surface area contributed by atoms with Crippen LogP contribution >= 0.6 is 11.6 Å². The summed E-state index contributed by atoms with van der Waals surface area (Å²) in [7, 11) is -2.05. The molecule has 1 saturated heterocycles. The quantitative estimate of drug-likeness (QED) is 0.720. The molecule has 8 heteroatoms. The zero-order chi connectivity index (χ0) is 21.2. The van der Waals surface area contributed by atoms with Crippen LogP contribution in [-0.2, 0) is 21.3 Å². The highest BCUT2D eigenvalue weighted by Crippen LogP contribution is 2.23. The van der Waals surface area contributed by atoms with E-state index in [1.165, 1.54) is 21.3 Å². The Morgan fingerprint density at radius 2 is 1.79 bits per heavy atom. The number of ether oxygens (including phenoxy) is 1. The Labute approximate surface area is 177 Å². The normalized spacial score (nSPS) is 20.4. The fraction of sp³-hybridized carbons (Fsp3) is 0.381. The minimum absolute atomic E-state index is 0.107. The minimum atomic E-state index is -3.71. The second-order valence-electron chi connectivity index (χ2n) is 7.36. The van der Waals surface area contributed by atoms with Crippen LogP contribution in [0, 0.1) is 0 Å². The van der Waals surface area contributed by atoms with E-state index in [-0.39, 0.29) is 36.1 Å². The predicted molar refractivity (Wildman–Crippen MR) is 112 cm³/mol. The van der Waals surface area contributed by atoms with Crippen molar-refractivity contribution in [3.05, 3.63) is 64.7 Å². The summed E-state index contributed by atoms with van der Waals surface area (Å²) < 4.78 is 33.2. The largest absolute Gasteiger partial charge is 0.373 e. The third-order valence-electron chi connectivity index (χ3n) is 4.82. The number of carbonyl (C=O) groups is 1. The Hall–Kier alpha value is -1.93. The first kappa shape index (κ1) is 21.8. The van der Waals surface area contributed by atoms with Crippen LogP contribution in [-0.4, -0.2) is 55.9 Å². The molecule has 0 radical (unpaired) electrons. The Morgan fingerprint density at radius 3 is 2.45 bits per heavy atom. The second kappa shape index (κ2) is 8.83. The lowest BCUT2D eigenvalue weighted by Gasteiger charge is -2.34. The number of benzene rings is 2. The summed E-state index contributed by atoms with van der Waals surface area (Å²) in [6.07, 6.45) is -0.361. The molecule has 2 aromatic rings. The van der Waals surface area contributed by atoms with Gasteiger partial charge in [-0.05, 0) is 43.7 Å². The molecule has 1 heterocycles. The van der Waals surface area contributed by atoms with Crippen molar-refractivity contribution in [2.45, 2.75) is 37.5 Å². The molecule has 0 spiro atoms. The summed E-state index contributed by atoms with van der Waals surface area (Å²) in [6, 6.07) is 13.5. The van der Waals surface area contributed by atoms with E-state index in [0.29, 0.717) is 17.1 Å². The highest BCUT2D eigenvalue weighted by atomic mass is 35.5. The Morgan fingerprint density at radius 1 is 1.14 bits per heavy atom. The van der Waals surface area contributed by atoms with Gasteiger partial charge in [0.25, 0.3) is 5.91 Å². The van der Waals surface area contributed by atoms with E-state index < -0.39 is 10.0 Å². The molecule has 2 unspecified atom stereocenters. The number of hydrogen-bond acceptors (Lipinski definition) is 4. The van der Waals surface area contributed by atoms with Gasteiger partial charge in [-0.25, -0.2) is 8.42 Å². The van der Waals surface area contributed by atoms with Crippen LogP contribution in [0.3, 0.4) is 0 Å². The number of carbonyl (C=O) groups excluding carboxylic acids is 1. The van der Waals surface area contributed by atoms with Gasteiger partial charge in [-0.2, -0.15) is 4.31 Å². The van der Waals surface area contributed by atoms with E-state index in [1.807, 2.05) is 32.0 Å². The van der Waals surface area contributed by atoms with Gasteiger partial charge in [0.1, 0.15) is 0 Å². The van der Waals surface area contributed by atoms with E-state index in [2.05, 4.69) is 0 Å². The monoisotopic (exact) mass is 436 g/mol. The SMILES string of the molecule is CC1CN(S(=O)(=O)c2cccc(C(=O)N(C)Cc3ccccc3Cl)c2)CC(C)O1. The molecule has 29 heavy (non-hydrogen) atoms. The summed E-state index contributed by atoms with van der Waals surface area (Å²) in [5.41, 5.74) is 1.14. The van der Waals surface area contributed by atoms with Crippen molar-refractivity contribution in [2.24, 2.45) is 0 Å². The molecule has 3 rings (SSSR count). The van der Waals surface area contributed by atoms with Gasteiger partial charge in [-0.3, -0.25) is 4.79 Å². The van der Waals surface area contributed by atoms with Crippen LogP contribution < -0.4 is 0 Å². The standard InChI is InChI=1S/C21H25ClN2O4S/c1-15-12-24(13-16(2)28-15)29(26,27)19-9-6-8-17(11-19)21(25)23(3)14-18-7-4-5-10-20(18)22/h4-11,15-16H,12-14H2,1-3H3. The van der Waals surface area contributed by atoms with Crippen molar-refractivity contribution in [1.82, 2.24) is 9.21 Å². The van der Waals surface area contributed by atoms with Crippen LogP contribution in [0.1, 0.15) is 29.8 Å². The van der Waals surface area contributed by atoms with E-state index in [0.717, 1.165) is 5.56 Å². The highest BCUT2D eigenvalue weighted by molar-refractivity contribution is 7.89. The summed E-state index contributed by atoms with van der Waals surface area (Å²) in [4.78, 5) is 14.5. The van der Waals surface area contributed by atoms with E-state index in [1.54, 1.807) is 25.2 Å². The van der Waals surface area contributed by atoms with Gasteiger partial charge in [-0.15, -0.1) is 0 Å². The van der Waals surface area contributed by atoms with Crippen molar-refractivity contribution in [3.63, 3.8) is 0 Å². The van der Waals surface area contributed by atoms with Crippen molar-refractivity contribution in [2.75, 3.05) is 20.1 Å². The Kier molecular flexibility index (Phi) is 6.63. The topological polar surface area (TPSA) is 66.9 Å². The van der Waals surface area contributed by atoms with Gasteiger partial charge in [0, 0.05) is 37.3 Å². The number of rotatable bonds is 5. The summed E-state index contributed by atoms with van der Waals surface area (Å²) in [5.74, 6) is -0.273. The molecule has 0 aliphatic carbocycles. The number of sulfonamides is 1. The van der Waals surface area contributed by atoms with E-state index >= 15 is 0 Å². The molecule has 0 saturated carbocycles. The van der Waals surface area contributed by atoms with E-state index in [4.69, 9.17) is 16.3 Å². The first-order chi connectivity index (χ1) is 13.7. The molecule has 1 fully saturated rings. The second-order valence-corrected chi connectivity index (χ2v) is 9.70. The van der Waals surface area contributed by atoms with Crippen molar-refractivity contribution in [1.29, 1.82) is 0 Å². The fourth-order valence-electron chi connectivity index (χ4n) is 3.44. The highest BCUT2D eigenvalue weighted by Gasteiger charge is 2.32. The van der Waals surface area contributed by atoms with Crippen molar-refractivity contribution < 1.29 is 17.9 Å². The van der Waals surface area contributed by atoms with Gasteiger partial charge in [-0.1, -0.05) is 35.9 Å². The van der Waals surface area contributed by atoms with Gasteiger partial charge in [0.05, 0.1) is 17.1 Å². The molecule has 1 aliphatic heterocycles. The molecular formula is C21H25ClN2O4S. The molecule has 1 amide bonds. The van der Waals surface area contributed by atoms with Crippen LogP contribution in [0.25, 0.3) is 0 Å². The van der Waals surface area contributed by atoms with Gasteiger partial charge in [0.15, 0.2) is 0 Å². The van der Waals surface area contributed by atoms with Crippen LogP contribution in [0.2, 0.25) is 5.02 Å². The van der Waals surface area contributed by atoms with Gasteiger partial charge >= 0.3 is 0 Å². The van der Waals surface area contributed by atoms with Crippen LogP contribution in [0.5, 0.6) is 0 Å². The van der Waals surface area contributed by atoms with Crippen LogP contribution in [0.15, 0.2) is 53.4 Å². The van der Waals surface area contributed by atoms with Crippen LogP contribution in [0.4, 0.5) is 0 Å². The van der Waals surface area contributed by atoms with Gasteiger partial charge in [0.2, 0.25) is 10.0 Å². The third-order valence-corrected chi connectivity index (χ3v) is 7.01. The number of morpholine rings is 1. The molecule has 0 bridgehead atoms. The first-order valence-corrected chi connectivity index (χ1v) is 11.2. The minimum Gasteiger partial charge on any atom is -0.373 e. The molecule has 1 aliphatic rings. The predicted octanol–water partition coefficient (Wildman–Crippen LogP) is 3.41. The number of halogens is 1. The summed E-state index contributed by atoms with van der Waals surface area (Å²) >= 11 is 6.18. The smallest absolute Gasteiger partial charge is 0.253 e. The molecule has 156 valence electrons. The zero-order valence-electron chi connectivity index (χ0n) is 16.7. The third kappa shape index (κ3) is 4.98. The first-order valence-electron chi connectivity index (χ1n) is 9.43. The Balaban J connectivity index is 1.81. The fourth-order valence-corrected chi connectivity index (χ4v) is 5.27. The average Bonchev–Trinajstić information content (AvgIpc) is 2.68. The summed E-state index contributed by atoms with van der Waals surface area (Å²) in [6.45, 7) is 4.60. The molecule has 0 N–H and O–H groups in total. The van der Waals surface area contributed by atoms with Crippen molar-refractivity contribution >= 4 is 27.5 Å². The maximum Gasteiger partial charge on any atom is 0.253 e. The Bertz CT molecular complexity index is 986. The van der Waals surface area contributed by atoms with E-state index in [9.17, 15) is 13.2 Å². The molecule has 6 nitrogen and oxygen atoms in total.